The number of urea groups is 1. The van der Waals surface area contributed by atoms with Gasteiger partial charge >= 0.3 is 6.03 Å². The molecule has 3 rings (SSSR count). The van der Waals surface area contributed by atoms with E-state index in [-0.39, 0.29) is 23.8 Å². The van der Waals surface area contributed by atoms with Crippen LogP contribution in [0.4, 0.5) is 10.6 Å². The number of nitrogens with one attached hydrogen (secondary N) is 3. The van der Waals surface area contributed by atoms with Crippen molar-refractivity contribution in [3.63, 3.8) is 0 Å². The van der Waals surface area contributed by atoms with Gasteiger partial charge in [0.15, 0.2) is 0 Å². The average Bonchev–Trinajstić information content (AvgIpc) is 3.31. The monoisotopic (exact) mass is 399 g/mol. The standard InChI is InChI=1S/C20H29N7O2/c1-4-22-19-7-15(5-6-23-19)8-25-20(29)27-11-16(9-24-14(2)28)17(12-27)18-10-21-13-26(18)3/h5-7,10,13,16-17H,4,8-9,11-12H2,1-3H3,(H,22,23)(H,24,28)(H,25,29)/t16-,17-/m1/s1. The molecule has 0 radical (unpaired) electrons. The van der Waals surface area contributed by atoms with Crippen molar-refractivity contribution in [1.29, 1.82) is 0 Å². The molecule has 2 aromatic rings. The highest BCUT2D eigenvalue weighted by molar-refractivity contribution is 5.75. The minimum atomic E-state index is -0.107. The first kappa shape index (κ1) is 20.6. The summed E-state index contributed by atoms with van der Waals surface area (Å²) in [6.07, 6.45) is 5.34. The zero-order valence-electron chi connectivity index (χ0n) is 17.2. The zero-order chi connectivity index (χ0) is 20.8. The van der Waals surface area contributed by atoms with Crippen molar-refractivity contribution in [1.82, 2.24) is 30.1 Å². The van der Waals surface area contributed by atoms with Gasteiger partial charge in [0.25, 0.3) is 0 Å². The van der Waals surface area contributed by atoms with Gasteiger partial charge in [-0.3, -0.25) is 4.79 Å². The third-order valence-corrected chi connectivity index (χ3v) is 5.20. The summed E-state index contributed by atoms with van der Waals surface area (Å²) in [5.74, 6) is 1.00. The maximum atomic E-state index is 12.8. The number of imidazole rings is 1. The molecule has 0 spiro atoms. The molecule has 0 bridgehead atoms. The van der Waals surface area contributed by atoms with E-state index in [2.05, 4.69) is 25.9 Å². The molecule has 9 nitrogen and oxygen atoms in total. The molecule has 9 heteroatoms. The fourth-order valence-electron chi connectivity index (χ4n) is 3.73. The molecule has 156 valence electrons. The maximum Gasteiger partial charge on any atom is 0.317 e. The zero-order valence-corrected chi connectivity index (χ0v) is 17.2. The Balaban J connectivity index is 1.63. The van der Waals surface area contributed by atoms with Crippen LogP contribution in [0, 0.1) is 5.92 Å². The van der Waals surface area contributed by atoms with Crippen molar-refractivity contribution in [2.75, 3.05) is 31.5 Å². The molecule has 2 aromatic heterocycles. The SMILES string of the molecule is CCNc1cc(CNC(=O)N2C[C@@H](CNC(C)=O)[C@H](c3cncn3C)C2)ccn1. The lowest BCUT2D eigenvalue weighted by Crippen LogP contribution is -2.39. The first-order chi connectivity index (χ1) is 14.0. The second-order valence-electron chi connectivity index (χ2n) is 7.38. The Kier molecular flexibility index (Phi) is 6.69. The van der Waals surface area contributed by atoms with E-state index in [1.807, 2.05) is 41.8 Å². The summed E-state index contributed by atoms with van der Waals surface area (Å²) in [7, 11) is 1.95. The van der Waals surface area contributed by atoms with Crippen molar-refractivity contribution in [2.24, 2.45) is 13.0 Å². The van der Waals surface area contributed by atoms with E-state index in [9.17, 15) is 9.59 Å². The molecule has 1 fully saturated rings. The van der Waals surface area contributed by atoms with Crippen LogP contribution in [0.2, 0.25) is 0 Å². The lowest BCUT2D eigenvalue weighted by molar-refractivity contribution is -0.119. The minimum Gasteiger partial charge on any atom is -0.370 e. The van der Waals surface area contributed by atoms with Crippen molar-refractivity contribution < 1.29 is 9.59 Å². The number of carbonyl (C=O) groups is 2. The lowest BCUT2D eigenvalue weighted by Gasteiger charge is -2.18. The highest BCUT2D eigenvalue weighted by Crippen LogP contribution is 2.32. The number of aromatic nitrogens is 3. The van der Waals surface area contributed by atoms with Crippen molar-refractivity contribution in [2.45, 2.75) is 26.3 Å². The molecule has 29 heavy (non-hydrogen) atoms. The Hall–Kier alpha value is -3.10. The summed E-state index contributed by atoms with van der Waals surface area (Å²) < 4.78 is 1.98. The van der Waals surface area contributed by atoms with Gasteiger partial charge in [-0.25, -0.2) is 14.8 Å². The predicted octanol–water partition coefficient (Wildman–Crippen LogP) is 1.31. The van der Waals surface area contributed by atoms with Crippen LogP contribution in [0.5, 0.6) is 0 Å². The van der Waals surface area contributed by atoms with Gasteiger partial charge in [0, 0.05) is 76.6 Å². The number of likely N-dealkylation sites (tertiary alicyclic amines) is 1. The lowest BCUT2D eigenvalue weighted by atomic mass is 9.93. The number of nitrogens with zero attached hydrogens (tertiary/aromatic N) is 4. The van der Waals surface area contributed by atoms with Crippen LogP contribution in [-0.2, 0) is 18.4 Å². The van der Waals surface area contributed by atoms with Gasteiger partial charge < -0.3 is 25.4 Å². The smallest absolute Gasteiger partial charge is 0.317 e. The van der Waals surface area contributed by atoms with Gasteiger partial charge in [0.2, 0.25) is 5.91 Å². The van der Waals surface area contributed by atoms with Gasteiger partial charge in [-0.15, -0.1) is 0 Å². The number of hydrogen-bond donors (Lipinski definition) is 3. The molecular formula is C20H29N7O2. The summed E-state index contributed by atoms with van der Waals surface area (Å²) >= 11 is 0. The first-order valence-corrected chi connectivity index (χ1v) is 9.90. The van der Waals surface area contributed by atoms with Crippen LogP contribution < -0.4 is 16.0 Å². The Morgan fingerprint density at radius 3 is 2.79 bits per heavy atom. The molecular weight excluding hydrogens is 370 g/mol. The second kappa shape index (κ2) is 9.40. The van der Waals surface area contributed by atoms with Crippen LogP contribution in [0.3, 0.4) is 0 Å². The molecule has 1 saturated heterocycles. The molecule has 1 aliphatic rings. The van der Waals surface area contributed by atoms with Gasteiger partial charge in [-0.1, -0.05) is 0 Å². The fraction of sp³-hybridized carbons (Fsp3) is 0.500. The first-order valence-electron chi connectivity index (χ1n) is 9.90. The summed E-state index contributed by atoms with van der Waals surface area (Å²) in [6.45, 7) is 6.46. The third-order valence-electron chi connectivity index (χ3n) is 5.20. The van der Waals surface area contributed by atoms with E-state index < -0.39 is 0 Å². The fourth-order valence-corrected chi connectivity index (χ4v) is 3.73. The number of pyridine rings is 1. The summed E-state index contributed by atoms with van der Waals surface area (Å²) in [5, 5.41) is 9.06. The van der Waals surface area contributed by atoms with E-state index in [4.69, 9.17) is 0 Å². The Labute approximate surface area is 170 Å². The molecule has 1 aliphatic heterocycles. The predicted molar refractivity (Wildman–Crippen MR) is 110 cm³/mol. The Bertz CT molecular complexity index is 851. The Morgan fingerprint density at radius 1 is 1.28 bits per heavy atom. The number of carbonyl (C=O) groups excluding carboxylic acids is 2. The Morgan fingerprint density at radius 2 is 2.10 bits per heavy atom. The minimum absolute atomic E-state index is 0.0640. The van der Waals surface area contributed by atoms with Gasteiger partial charge in [-0.05, 0) is 24.6 Å². The van der Waals surface area contributed by atoms with E-state index in [0.717, 1.165) is 23.6 Å². The molecule has 0 saturated carbocycles. The van der Waals surface area contributed by atoms with Crippen molar-refractivity contribution in [3.05, 3.63) is 42.1 Å². The maximum absolute atomic E-state index is 12.8. The molecule has 3 amide bonds. The van der Waals surface area contributed by atoms with Gasteiger partial charge in [-0.2, -0.15) is 0 Å². The van der Waals surface area contributed by atoms with Crippen LogP contribution >= 0.6 is 0 Å². The highest BCUT2D eigenvalue weighted by atomic mass is 16.2. The van der Waals surface area contributed by atoms with E-state index in [0.29, 0.717) is 26.2 Å². The van der Waals surface area contributed by atoms with Crippen LogP contribution in [-0.4, -0.2) is 57.6 Å². The number of amides is 3. The summed E-state index contributed by atoms with van der Waals surface area (Å²) in [6, 6.07) is 3.72. The summed E-state index contributed by atoms with van der Waals surface area (Å²) in [5.41, 5.74) is 2.06. The molecule has 0 unspecified atom stereocenters. The highest BCUT2D eigenvalue weighted by Gasteiger charge is 2.37. The second-order valence-corrected chi connectivity index (χ2v) is 7.38. The van der Waals surface area contributed by atoms with Crippen LogP contribution in [0.25, 0.3) is 0 Å². The third kappa shape index (κ3) is 5.24. The molecule has 0 aliphatic carbocycles. The number of hydrogen-bond acceptors (Lipinski definition) is 5. The van der Waals surface area contributed by atoms with Crippen molar-refractivity contribution in [3.8, 4) is 0 Å². The number of rotatable bonds is 7. The number of anilines is 1. The van der Waals surface area contributed by atoms with Gasteiger partial charge in [0.1, 0.15) is 5.82 Å². The average molecular weight is 399 g/mol. The normalized spacial score (nSPS) is 18.5. The summed E-state index contributed by atoms with van der Waals surface area (Å²) in [4.78, 5) is 34.4. The van der Waals surface area contributed by atoms with E-state index >= 15 is 0 Å². The molecule has 0 aromatic carbocycles. The van der Waals surface area contributed by atoms with Crippen LogP contribution in [0.1, 0.15) is 31.0 Å². The van der Waals surface area contributed by atoms with Gasteiger partial charge in [0.05, 0.1) is 6.33 Å². The molecule has 2 atom stereocenters. The van der Waals surface area contributed by atoms with E-state index in [1.165, 1.54) is 6.92 Å². The largest absolute Gasteiger partial charge is 0.370 e. The topological polar surface area (TPSA) is 104 Å². The molecule has 3 N–H and O–H groups in total. The number of aryl methyl sites for hydroxylation is 1. The van der Waals surface area contributed by atoms with E-state index in [1.54, 1.807) is 12.5 Å². The van der Waals surface area contributed by atoms with Crippen LogP contribution in [0.15, 0.2) is 30.9 Å². The van der Waals surface area contributed by atoms with Crippen molar-refractivity contribution >= 4 is 17.8 Å². The quantitative estimate of drug-likeness (QED) is 0.651. The molecule has 3 heterocycles.